The zero-order valence-electron chi connectivity index (χ0n) is 12.4. The number of carbonyl (C=O) groups is 1. The van der Waals surface area contributed by atoms with Crippen LogP contribution in [-0.2, 0) is 9.53 Å². The van der Waals surface area contributed by atoms with Gasteiger partial charge in [0.1, 0.15) is 5.75 Å². The van der Waals surface area contributed by atoms with Crippen LogP contribution in [-0.4, -0.2) is 17.7 Å². The Balaban J connectivity index is 2.76. The number of rotatable bonds is 8. The van der Waals surface area contributed by atoms with Gasteiger partial charge in [-0.25, -0.2) is 4.79 Å². The summed E-state index contributed by atoms with van der Waals surface area (Å²) >= 11 is 0. The zero-order valence-corrected chi connectivity index (χ0v) is 12.4. The normalized spacial score (nSPS) is 11.4. The van der Waals surface area contributed by atoms with E-state index in [9.17, 15) is 9.90 Å². The molecule has 0 saturated heterocycles. The molecule has 0 atom stereocenters. The summed E-state index contributed by atoms with van der Waals surface area (Å²) < 4.78 is 5.28. The Labute approximate surface area is 121 Å². The van der Waals surface area contributed by atoms with Crippen LogP contribution >= 0.6 is 0 Å². The quantitative estimate of drug-likeness (QED) is 0.437. The van der Waals surface area contributed by atoms with Gasteiger partial charge in [-0.1, -0.05) is 38.8 Å². The fraction of sp³-hybridized carbons (Fsp3) is 0.471. The number of ether oxygens (including phenoxy) is 1. The summed E-state index contributed by atoms with van der Waals surface area (Å²) in [5.41, 5.74) is 1.61. The van der Waals surface area contributed by atoms with Gasteiger partial charge in [0.05, 0.1) is 6.61 Å². The summed E-state index contributed by atoms with van der Waals surface area (Å²) in [4.78, 5) is 12.1. The number of hydrogen-bond acceptors (Lipinski definition) is 3. The first-order valence-electron chi connectivity index (χ1n) is 7.34. The molecule has 1 aromatic carbocycles. The number of phenolic OH excluding ortho intramolecular Hbond substituents is 1. The van der Waals surface area contributed by atoms with Gasteiger partial charge in [-0.15, -0.1) is 0 Å². The average Bonchev–Trinajstić information content (AvgIpc) is 2.45. The van der Waals surface area contributed by atoms with Gasteiger partial charge in [-0.3, -0.25) is 0 Å². The lowest BCUT2D eigenvalue weighted by atomic mass is 10.1. The van der Waals surface area contributed by atoms with Gasteiger partial charge in [-0.2, -0.15) is 0 Å². The van der Waals surface area contributed by atoms with Crippen LogP contribution in [0, 0.1) is 0 Å². The van der Waals surface area contributed by atoms with Gasteiger partial charge in [0.15, 0.2) is 0 Å². The van der Waals surface area contributed by atoms with Gasteiger partial charge in [0.2, 0.25) is 0 Å². The maximum Gasteiger partial charge on any atom is 0.334 e. The number of carbonyl (C=O) groups excluding carboxylic acids is 1. The summed E-state index contributed by atoms with van der Waals surface area (Å²) in [5, 5.41) is 9.27. The first-order valence-corrected chi connectivity index (χ1v) is 7.34. The highest BCUT2D eigenvalue weighted by atomic mass is 16.5. The first kappa shape index (κ1) is 16.3. The average molecular weight is 276 g/mol. The first-order chi connectivity index (χ1) is 9.67. The second kappa shape index (κ2) is 9.18. The maximum atomic E-state index is 12.1. The van der Waals surface area contributed by atoms with Crippen molar-refractivity contribution in [1.29, 1.82) is 0 Å². The molecule has 0 spiro atoms. The molecule has 0 aliphatic heterocycles. The minimum atomic E-state index is -0.222. The van der Waals surface area contributed by atoms with Crippen molar-refractivity contribution >= 4 is 12.0 Å². The molecule has 0 unspecified atom stereocenters. The molecule has 0 aliphatic carbocycles. The van der Waals surface area contributed by atoms with Crippen LogP contribution in [0.5, 0.6) is 5.75 Å². The van der Waals surface area contributed by atoms with E-state index >= 15 is 0 Å². The number of esters is 1. The molecule has 1 rings (SSSR count). The van der Waals surface area contributed by atoms with Crippen LogP contribution in [0.25, 0.3) is 6.08 Å². The van der Waals surface area contributed by atoms with Crippen LogP contribution < -0.4 is 0 Å². The second-order valence-corrected chi connectivity index (χ2v) is 4.85. The van der Waals surface area contributed by atoms with E-state index in [1.165, 1.54) is 0 Å². The largest absolute Gasteiger partial charge is 0.508 e. The van der Waals surface area contributed by atoms with E-state index in [2.05, 4.69) is 13.8 Å². The second-order valence-electron chi connectivity index (χ2n) is 4.85. The molecule has 3 heteroatoms. The van der Waals surface area contributed by atoms with E-state index < -0.39 is 0 Å². The summed E-state index contributed by atoms with van der Waals surface area (Å²) in [6.45, 7) is 4.65. The fourth-order valence-electron chi connectivity index (χ4n) is 1.77. The third-order valence-electron chi connectivity index (χ3n) is 3.03. The molecule has 1 aromatic rings. The number of benzene rings is 1. The van der Waals surface area contributed by atoms with Crippen molar-refractivity contribution in [2.45, 2.75) is 46.0 Å². The van der Waals surface area contributed by atoms with Crippen molar-refractivity contribution in [2.24, 2.45) is 0 Å². The molecular weight excluding hydrogens is 252 g/mol. The molecule has 0 radical (unpaired) electrons. The Hall–Kier alpha value is -1.77. The van der Waals surface area contributed by atoms with Gasteiger partial charge >= 0.3 is 5.97 Å². The summed E-state index contributed by atoms with van der Waals surface area (Å²) in [5.74, 6) is 0.00255. The van der Waals surface area contributed by atoms with E-state index in [1.54, 1.807) is 24.3 Å². The van der Waals surface area contributed by atoms with E-state index in [0.29, 0.717) is 12.2 Å². The number of hydrogen-bond donors (Lipinski definition) is 1. The molecule has 3 nitrogen and oxygen atoms in total. The molecule has 20 heavy (non-hydrogen) atoms. The maximum absolute atomic E-state index is 12.1. The van der Waals surface area contributed by atoms with Gasteiger partial charge < -0.3 is 9.84 Å². The molecule has 0 bridgehead atoms. The summed E-state index contributed by atoms with van der Waals surface area (Å²) in [6.07, 6.45) is 6.49. The Morgan fingerprint density at radius 3 is 2.40 bits per heavy atom. The molecule has 0 heterocycles. The minimum absolute atomic E-state index is 0.222. The van der Waals surface area contributed by atoms with Crippen molar-refractivity contribution in [2.75, 3.05) is 6.61 Å². The number of unbranched alkanes of at least 4 members (excludes halogenated alkanes) is 2. The predicted octanol–water partition coefficient (Wildman–Crippen LogP) is 4.31. The highest BCUT2D eigenvalue weighted by molar-refractivity contribution is 5.93. The van der Waals surface area contributed by atoms with E-state index in [0.717, 1.165) is 37.7 Å². The lowest BCUT2D eigenvalue weighted by Crippen LogP contribution is -2.09. The van der Waals surface area contributed by atoms with Crippen molar-refractivity contribution in [1.82, 2.24) is 0 Å². The van der Waals surface area contributed by atoms with E-state index in [1.807, 2.05) is 6.08 Å². The molecule has 110 valence electrons. The van der Waals surface area contributed by atoms with Crippen LogP contribution in [0.15, 0.2) is 29.8 Å². The van der Waals surface area contributed by atoms with Gasteiger partial charge in [0.25, 0.3) is 0 Å². The van der Waals surface area contributed by atoms with E-state index in [-0.39, 0.29) is 11.7 Å². The lowest BCUT2D eigenvalue weighted by molar-refractivity contribution is -0.139. The van der Waals surface area contributed by atoms with Crippen LogP contribution in [0.3, 0.4) is 0 Å². The van der Waals surface area contributed by atoms with Gasteiger partial charge in [0, 0.05) is 5.57 Å². The number of phenols is 1. The molecule has 0 fully saturated rings. The smallest absolute Gasteiger partial charge is 0.334 e. The van der Waals surface area contributed by atoms with Crippen molar-refractivity contribution in [3.05, 3.63) is 35.4 Å². The Morgan fingerprint density at radius 1 is 1.15 bits per heavy atom. The minimum Gasteiger partial charge on any atom is -0.508 e. The Kier molecular flexibility index (Phi) is 7.48. The third-order valence-corrected chi connectivity index (χ3v) is 3.03. The monoisotopic (exact) mass is 276 g/mol. The lowest BCUT2D eigenvalue weighted by Gasteiger charge is -2.08. The van der Waals surface area contributed by atoms with Crippen molar-refractivity contribution in [3.8, 4) is 5.75 Å². The molecule has 0 aromatic heterocycles. The van der Waals surface area contributed by atoms with Crippen molar-refractivity contribution < 1.29 is 14.6 Å². The summed E-state index contributed by atoms with van der Waals surface area (Å²) in [6, 6.07) is 6.82. The highest BCUT2D eigenvalue weighted by Crippen LogP contribution is 2.17. The molecule has 1 N–H and O–H groups in total. The topological polar surface area (TPSA) is 46.5 Å². The SMILES string of the molecule is CCCCOC(=O)C(=Cc1ccc(O)cc1)CCCC. The van der Waals surface area contributed by atoms with Crippen LogP contribution in [0.1, 0.15) is 51.5 Å². The standard InChI is InChI=1S/C17H24O3/c1-3-5-7-15(17(19)20-12-6-4-2)13-14-8-10-16(18)11-9-14/h8-11,13,18H,3-7,12H2,1-2H3. The molecule has 0 amide bonds. The van der Waals surface area contributed by atoms with Crippen LogP contribution in [0.4, 0.5) is 0 Å². The Bertz CT molecular complexity index is 432. The fourth-order valence-corrected chi connectivity index (χ4v) is 1.77. The van der Waals surface area contributed by atoms with E-state index in [4.69, 9.17) is 4.74 Å². The highest BCUT2D eigenvalue weighted by Gasteiger charge is 2.10. The summed E-state index contributed by atoms with van der Waals surface area (Å²) in [7, 11) is 0. The molecular formula is C17H24O3. The third kappa shape index (κ3) is 5.91. The molecule has 0 saturated carbocycles. The predicted molar refractivity (Wildman–Crippen MR) is 81.5 cm³/mol. The molecule has 0 aliphatic rings. The Morgan fingerprint density at radius 2 is 1.80 bits per heavy atom. The van der Waals surface area contributed by atoms with Crippen LogP contribution in [0.2, 0.25) is 0 Å². The van der Waals surface area contributed by atoms with Gasteiger partial charge in [-0.05, 0) is 43.0 Å². The zero-order chi connectivity index (χ0) is 14.8. The number of aromatic hydroxyl groups is 1. The van der Waals surface area contributed by atoms with Crippen molar-refractivity contribution in [3.63, 3.8) is 0 Å².